The summed E-state index contributed by atoms with van der Waals surface area (Å²) in [5.41, 5.74) is 8.71. The third-order valence-corrected chi connectivity index (χ3v) is 6.65. The Labute approximate surface area is 249 Å². The molecule has 43 heavy (non-hydrogen) atoms. The van der Waals surface area contributed by atoms with Crippen molar-refractivity contribution < 1.29 is 24.2 Å². The highest BCUT2D eigenvalue weighted by molar-refractivity contribution is 5.93. The van der Waals surface area contributed by atoms with Crippen LogP contribution >= 0.6 is 0 Å². The predicted octanol–water partition coefficient (Wildman–Crippen LogP) is 3.61. The lowest BCUT2D eigenvalue weighted by Crippen LogP contribution is -2.32. The van der Waals surface area contributed by atoms with Crippen LogP contribution in [0.25, 0.3) is 0 Å². The number of aliphatic hydroxyl groups is 1. The van der Waals surface area contributed by atoms with Crippen LogP contribution in [-0.4, -0.2) is 44.7 Å². The number of primary amides is 1. The van der Waals surface area contributed by atoms with Gasteiger partial charge in [-0.2, -0.15) is 0 Å². The smallest absolute Gasteiger partial charge is 0.408 e. The SMILES string of the molecule is NC(=O)NCCC[C@@H](C(=O)Nc1ccc(CO)cc1)n1cc([C@@H](Cc2ccccc2)NC(=O)OCc2ccccc2)nn1. The monoisotopic (exact) mass is 585 g/mol. The number of nitrogens with zero attached hydrogens (tertiary/aromatic N) is 3. The second-order valence-electron chi connectivity index (χ2n) is 9.87. The van der Waals surface area contributed by atoms with Gasteiger partial charge in [-0.05, 0) is 48.1 Å². The minimum atomic E-state index is -0.782. The first-order valence-corrected chi connectivity index (χ1v) is 13.9. The molecule has 12 nitrogen and oxygen atoms in total. The summed E-state index contributed by atoms with van der Waals surface area (Å²) in [5, 5.41) is 26.2. The van der Waals surface area contributed by atoms with Crippen LogP contribution in [0.5, 0.6) is 0 Å². The summed E-state index contributed by atoms with van der Waals surface area (Å²) in [6.07, 6.45) is 2.19. The molecule has 0 fully saturated rings. The lowest BCUT2D eigenvalue weighted by Gasteiger charge is -2.18. The van der Waals surface area contributed by atoms with E-state index in [1.54, 1.807) is 30.5 Å². The highest BCUT2D eigenvalue weighted by atomic mass is 16.5. The van der Waals surface area contributed by atoms with Gasteiger partial charge in [-0.15, -0.1) is 5.10 Å². The number of ether oxygens (including phenoxy) is 1. The molecule has 2 atom stereocenters. The number of aromatic nitrogens is 3. The molecular weight excluding hydrogens is 550 g/mol. The van der Waals surface area contributed by atoms with Gasteiger partial charge in [0.15, 0.2) is 0 Å². The Morgan fingerprint density at radius 2 is 1.58 bits per heavy atom. The molecule has 4 rings (SSSR count). The standard InChI is InChI=1S/C31H35N7O5/c32-30(41)33-17-7-12-28(29(40)34-25-15-13-23(20-39)14-16-25)38-19-27(36-37-38)26(18-22-8-3-1-4-9-22)35-31(42)43-21-24-10-5-2-6-11-24/h1-6,8-11,13-16,19,26,28,39H,7,12,17-18,20-21H2,(H,34,40)(H,35,42)(H3,32,33,41)/t26-,28+/m1/s1. The maximum Gasteiger partial charge on any atom is 0.408 e. The molecule has 0 aliphatic heterocycles. The summed E-state index contributed by atoms with van der Waals surface area (Å²) in [4.78, 5) is 37.3. The maximum absolute atomic E-state index is 13.4. The number of nitrogens with two attached hydrogens (primary N) is 1. The number of alkyl carbamates (subject to hydrolysis) is 1. The van der Waals surface area contributed by atoms with Crippen LogP contribution in [0, 0.1) is 0 Å². The van der Waals surface area contributed by atoms with Crippen LogP contribution in [0.3, 0.4) is 0 Å². The molecule has 6 N–H and O–H groups in total. The molecule has 1 heterocycles. The molecule has 12 heteroatoms. The summed E-state index contributed by atoms with van der Waals surface area (Å²) in [6.45, 7) is 0.277. The number of carbonyl (C=O) groups is 3. The van der Waals surface area contributed by atoms with E-state index in [0.717, 1.165) is 11.1 Å². The molecule has 0 unspecified atom stereocenters. The quantitative estimate of drug-likeness (QED) is 0.141. The first-order chi connectivity index (χ1) is 20.9. The average Bonchev–Trinajstić information content (AvgIpc) is 3.51. The number of hydrogen-bond acceptors (Lipinski definition) is 7. The number of aliphatic hydroxyl groups excluding tert-OH is 1. The van der Waals surface area contributed by atoms with Crippen LogP contribution in [0.2, 0.25) is 0 Å². The third-order valence-electron chi connectivity index (χ3n) is 6.65. The summed E-state index contributed by atoms with van der Waals surface area (Å²) >= 11 is 0. The number of urea groups is 1. The van der Waals surface area contributed by atoms with Crippen LogP contribution < -0.4 is 21.7 Å². The van der Waals surface area contributed by atoms with E-state index in [9.17, 15) is 19.5 Å². The first-order valence-electron chi connectivity index (χ1n) is 13.9. The van der Waals surface area contributed by atoms with Crippen molar-refractivity contribution in [2.45, 2.75) is 44.6 Å². The molecule has 0 saturated heterocycles. The van der Waals surface area contributed by atoms with E-state index >= 15 is 0 Å². The van der Waals surface area contributed by atoms with Gasteiger partial charge in [-0.25, -0.2) is 14.3 Å². The van der Waals surface area contributed by atoms with E-state index in [0.29, 0.717) is 36.2 Å². The topological polar surface area (TPSA) is 173 Å². The van der Waals surface area contributed by atoms with Crippen molar-refractivity contribution in [3.8, 4) is 0 Å². The molecule has 3 aromatic carbocycles. The second-order valence-corrected chi connectivity index (χ2v) is 9.87. The van der Waals surface area contributed by atoms with Gasteiger partial charge in [0.05, 0.1) is 18.8 Å². The fourth-order valence-corrected chi connectivity index (χ4v) is 4.40. The molecule has 0 radical (unpaired) electrons. The molecule has 224 valence electrons. The Balaban J connectivity index is 1.52. The molecule has 0 spiro atoms. The van der Waals surface area contributed by atoms with Gasteiger partial charge in [0.25, 0.3) is 0 Å². The summed E-state index contributed by atoms with van der Waals surface area (Å²) in [6, 6.07) is 23.8. The van der Waals surface area contributed by atoms with Gasteiger partial charge in [-0.3, -0.25) is 4.79 Å². The van der Waals surface area contributed by atoms with Crippen molar-refractivity contribution in [2.75, 3.05) is 11.9 Å². The van der Waals surface area contributed by atoms with E-state index in [1.165, 1.54) is 4.68 Å². The number of anilines is 1. The fourth-order valence-electron chi connectivity index (χ4n) is 4.40. The first kappa shape index (κ1) is 30.7. The van der Waals surface area contributed by atoms with Gasteiger partial charge in [-0.1, -0.05) is 78.0 Å². The Morgan fingerprint density at radius 1 is 0.907 bits per heavy atom. The maximum atomic E-state index is 13.4. The zero-order valence-electron chi connectivity index (χ0n) is 23.6. The molecule has 4 amide bonds. The van der Waals surface area contributed by atoms with Crippen molar-refractivity contribution in [3.63, 3.8) is 0 Å². The van der Waals surface area contributed by atoms with Crippen molar-refractivity contribution in [2.24, 2.45) is 5.73 Å². The van der Waals surface area contributed by atoms with E-state index in [1.807, 2.05) is 60.7 Å². The third kappa shape index (κ3) is 9.68. The Kier molecular flexibility index (Phi) is 11.2. The van der Waals surface area contributed by atoms with Crippen LogP contribution in [0.1, 0.15) is 47.3 Å². The van der Waals surface area contributed by atoms with Crippen LogP contribution in [0.4, 0.5) is 15.3 Å². The molecule has 0 aliphatic carbocycles. The van der Waals surface area contributed by atoms with Crippen molar-refractivity contribution in [1.82, 2.24) is 25.6 Å². The Morgan fingerprint density at radius 3 is 2.23 bits per heavy atom. The zero-order chi connectivity index (χ0) is 30.4. The lowest BCUT2D eigenvalue weighted by atomic mass is 10.0. The van der Waals surface area contributed by atoms with Gasteiger partial charge in [0.2, 0.25) is 5.91 Å². The van der Waals surface area contributed by atoms with Gasteiger partial charge in [0, 0.05) is 12.2 Å². The molecule has 1 aromatic heterocycles. The largest absolute Gasteiger partial charge is 0.445 e. The number of amides is 4. The highest BCUT2D eigenvalue weighted by Gasteiger charge is 2.25. The Hall–Kier alpha value is -5.23. The number of hydrogen-bond donors (Lipinski definition) is 5. The van der Waals surface area contributed by atoms with Crippen LogP contribution in [-0.2, 0) is 29.2 Å². The fraction of sp³-hybridized carbons (Fsp3) is 0.258. The van der Waals surface area contributed by atoms with E-state index in [4.69, 9.17) is 10.5 Å². The van der Waals surface area contributed by atoms with E-state index in [-0.39, 0.29) is 25.7 Å². The molecular formula is C31H35N7O5. The normalized spacial score (nSPS) is 12.1. The van der Waals surface area contributed by atoms with Gasteiger partial charge < -0.3 is 31.5 Å². The van der Waals surface area contributed by atoms with Crippen molar-refractivity contribution >= 4 is 23.7 Å². The summed E-state index contributed by atoms with van der Waals surface area (Å²) < 4.78 is 6.90. The molecule has 0 saturated carbocycles. The highest BCUT2D eigenvalue weighted by Crippen LogP contribution is 2.22. The summed E-state index contributed by atoms with van der Waals surface area (Å²) in [5.74, 6) is -0.345. The second kappa shape index (κ2) is 15.7. The van der Waals surface area contributed by atoms with Crippen LogP contribution in [0.15, 0.2) is 91.1 Å². The molecule has 0 aliphatic rings. The number of carbonyl (C=O) groups excluding carboxylic acids is 3. The van der Waals surface area contributed by atoms with Crippen molar-refractivity contribution in [3.05, 3.63) is 114 Å². The van der Waals surface area contributed by atoms with Crippen molar-refractivity contribution in [1.29, 1.82) is 0 Å². The predicted molar refractivity (Wildman–Crippen MR) is 160 cm³/mol. The average molecular weight is 586 g/mol. The number of benzene rings is 3. The van der Waals surface area contributed by atoms with Gasteiger partial charge in [0.1, 0.15) is 18.3 Å². The lowest BCUT2D eigenvalue weighted by molar-refractivity contribution is -0.119. The Bertz CT molecular complexity index is 1460. The number of rotatable bonds is 14. The molecule has 4 aromatic rings. The zero-order valence-corrected chi connectivity index (χ0v) is 23.6. The van der Waals surface area contributed by atoms with E-state index < -0.39 is 24.2 Å². The minimum Gasteiger partial charge on any atom is -0.445 e. The minimum absolute atomic E-state index is 0.108. The summed E-state index contributed by atoms with van der Waals surface area (Å²) in [7, 11) is 0. The van der Waals surface area contributed by atoms with E-state index in [2.05, 4.69) is 26.3 Å². The number of nitrogens with one attached hydrogen (secondary N) is 3. The van der Waals surface area contributed by atoms with Gasteiger partial charge >= 0.3 is 12.1 Å². The molecule has 0 bridgehead atoms.